The van der Waals surface area contributed by atoms with Crippen LogP contribution in [0.5, 0.6) is 0 Å². The van der Waals surface area contributed by atoms with Gasteiger partial charge in [-0.2, -0.15) is 0 Å². The number of aromatic nitrogens is 2. The van der Waals surface area contributed by atoms with E-state index in [-0.39, 0.29) is 24.8 Å². The van der Waals surface area contributed by atoms with Gasteiger partial charge in [0.05, 0.1) is 23.9 Å². The largest absolute Gasteiger partial charge is 0.391 e. The molecule has 1 unspecified atom stereocenters. The summed E-state index contributed by atoms with van der Waals surface area (Å²) < 4.78 is 0. The zero-order valence-electron chi connectivity index (χ0n) is 12.1. The SMILES string of the molecule is CC(C)C(O)CNC(=O)Cc1csc(-c2ccccn2)n1. The van der Waals surface area contributed by atoms with E-state index in [9.17, 15) is 9.90 Å². The molecule has 0 bridgehead atoms. The van der Waals surface area contributed by atoms with Crippen molar-refractivity contribution in [2.24, 2.45) is 5.92 Å². The number of hydrogen-bond acceptors (Lipinski definition) is 5. The molecule has 112 valence electrons. The number of carbonyl (C=O) groups is 1. The van der Waals surface area contributed by atoms with E-state index >= 15 is 0 Å². The number of aliphatic hydroxyl groups excluding tert-OH is 1. The molecule has 5 nitrogen and oxygen atoms in total. The lowest BCUT2D eigenvalue weighted by molar-refractivity contribution is -0.121. The molecule has 0 saturated carbocycles. The van der Waals surface area contributed by atoms with Gasteiger partial charge >= 0.3 is 0 Å². The molecule has 0 radical (unpaired) electrons. The summed E-state index contributed by atoms with van der Waals surface area (Å²) in [4.78, 5) is 20.5. The lowest BCUT2D eigenvalue weighted by Crippen LogP contribution is -2.35. The highest BCUT2D eigenvalue weighted by Gasteiger charge is 2.13. The maximum absolute atomic E-state index is 11.8. The average molecular weight is 305 g/mol. The van der Waals surface area contributed by atoms with Crippen LogP contribution in [0, 0.1) is 5.92 Å². The number of hydrogen-bond donors (Lipinski definition) is 2. The molecule has 1 amide bonds. The highest BCUT2D eigenvalue weighted by Crippen LogP contribution is 2.21. The van der Waals surface area contributed by atoms with E-state index in [0.717, 1.165) is 16.4 Å². The number of pyridine rings is 1. The van der Waals surface area contributed by atoms with Gasteiger partial charge in [-0.25, -0.2) is 4.98 Å². The third-order valence-corrected chi connectivity index (χ3v) is 3.97. The van der Waals surface area contributed by atoms with Gasteiger partial charge in [-0.3, -0.25) is 9.78 Å². The van der Waals surface area contributed by atoms with Crippen LogP contribution in [0.4, 0.5) is 0 Å². The Hall–Kier alpha value is -1.79. The molecule has 6 heteroatoms. The van der Waals surface area contributed by atoms with Crippen molar-refractivity contribution in [2.45, 2.75) is 26.4 Å². The number of aliphatic hydroxyl groups is 1. The summed E-state index contributed by atoms with van der Waals surface area (Å²) in [6.07, 6.45) is 1.42. The van der Waals surface area contributed by atoms with Crippen molar-refractivity contribution in [1.82, 2.24) is 15.3 Å². The molecule has 2 aromatic heterocycles. The van der Waals surface area contributed by atoms with Gasteiger partial charge in [-0.05, 0) is 18.1 Å². The number of rotatable bonds is 6. The molecule has 1 atom stereocenters. The smallest absolute Gasteiger partial charge is 0.226 e. The van der Waals surface area contributed by atoms with Crippen LogP contribution in [0.2, 0.25) is 0 Å². The van der Waals surface area contributed by atoms with Crippen LogP contribution in [-0.2, 0) is 11.2 Å². The highest BCUT2D eigenvalue weighted by molar-refractivity contribution is 7.13. The quantitative estimate of drug-likeness (QED) is 0.854. The van der Waals surface area contributed by atoms with Gasteiger partial charge in [0.1, 0.15) is 5.01 Å². The van der Waals surface area contributed by atoms with Crippen molar-refractivity contribution in [3.8, 4) is 10.7 Å². The van der Waals surface area contributed by atoms with Gasteiger partial charge in [0.15, 0.2) is 0 Å². The van der Waals surface area contributed by atoms with Gasteiger partial charge in [0.2, 0.25) is 5.91 Å². The first-order valence-electron chi connectivity index (χ1n) is 6.87. The Morgan fingerprint density at radius 2 is 2.24 bits per heavy atom. The first-order valence-corrected chi connectivity index (χ1v) is 7.75. The second-order valence-corrected chi connectivity index (χ2v) is 6.01. The Bertz CT molecular complexity index is 584. The number of carbonyl (C=O) groups excluding carboxylic acids is 1. The lowest BCUT2D eigenvalue weighted by atomic mass is 10.1. The Balaban J connectivity index is 1.89. The molecule has 0 aromatic carbocycles. The van der Waals surface area contributed by atoms with Crippen LogP contribution in [0.15, 0.2) is 29.8 Å². The van der Waals surface area contributed by atoms with E-state index < -0.39 is 6.10 Å². The molecule has 0 saturated heterocycles. The third-order valence-electron chi connectivity index (χ3n) is 3.06. The van der Waals surface area contributed by atoms with Crippen molar-refractivity contribution in [3.63, 3.8) is 0 Å². The fraction of sp³-hybridized carbons (Fsp3) is 0.400. The highest BCUT2D eigenvalue weighted by atomic mass is 32.1. The summed E-state index contributed by atoms with van der Waals surface area (Å²) in [7, 11) is 0. The molecule has 2 aromatic rings. The van der Waals surface area contributed by atoms with Crippen LogP contribution in [0.1, 0.15) is 19.5 Å². The molecule has 2 rings (SSSR count). The normalized spacial score (nSPS) is 12.4. The molecule has 2 N–H and O–H groups in total. The Morgan fingerprint density at radius 3 is 2.90 bits per heavy atom. The van der Waals surface area contributed by atoms with Gasteiger partial charge in [0, 0.05) is 18.1 Å². The molecule has 0 fully saturated rings. The Kier molecular flexibility index (Phi) is 5.41. The standard InChI is InChI=1S/C15H19N3O2S/c1-10(2)13(19)8-17-14(20)7-11-9-21-15(18-11)12-5-3-4-6-16-12/h3-6,9-10,13,19H,7-8H2,1-2H3,(H,17,20). The maximum atomic E-state index is 11.8. The van der Waals surface area contributed by atoms with Crippen molar-refractivity contribution < 1.29 is 9.90 Å². The topological polar surface area (TPSA) is 75.1 Å². The maximum Gasteiger partial charge on any atom is 0.226 e. The molecule has 0 aliphatic rings. The summed E-state index contributed by atoms with van der Waals surface area (Å²) in [6.45, 7) is 4.10. The molecule has 0 spiro atoms. The predicted octanol–water partition coefficient (Wildman–Crippen LogP) is 1.88. The van der Waals surface area contributed by atoms with E-state index in [1.54, 1.807) is 6.20 Å². The second-order valence-electron chi connectivity index (χ2n) is 5.15. The summed E-state index contributed by atoms with van der Waals surface area (Å²) in [5, 5.41) is 15.0. The fourth-order valence-corrected chi connectivity index (χ4v) is 2.47. The first kappa shape index (κ1) is 15.6. The van der Waals surface area contributed by atoms with Gasteiger partial charge in [-0.15, -0.1) is 11.3 Å². The number of thiazole rings is 1. The van der Waals surface area contributed by atoms with Crippen LogP contribution in [0.3, 0.4) is 0 Å². The molecule has 2 heterocycles. The number of nitrogens with one attached hydrogen (secondary N) is 1. The van der Waals surface area contributed by atoms with Crippen LogP contribution < -0.4 is 5.32 Å². The molecule has 0 aliphatic heterocycles. The van der Waals surface area contributed by atoms with Crippen LogP contribution in [0.25, 0.3) is 10.7 Å². The summed E-state index contributed by atoms with van der Waals surface area (Å²) in [5.74, 6) is -0.00657. The monoisotopic (exact) mass is 305 g/mol. The van der Waals surface area contributed by atoms with E-state index in [1.165, 1.54) is 11.3 Å². The van der Waals surface area contributed by atoms with Crippen molar-refractivity contribution in [1.29, 1.82) is 0 Å². The number of amides is 1. The zero-order valence-corrected chi connectivity index (χ0v) is 12.9. The average Bonchev–Trinajstić information content (AvgIpc) is 2.94. The fourth-order valence-electron chi connectivity index (χ4n) is 1.68. The van der Waals surface area contributed by atoms with Crippen LogP contribution >= 0.6 is 11.3 Å². The van der Waals surface area contributed by atoms with Crippen molar-refractivity contribution in [3.05, 3.63) is 35.5 Å². The Labute approximate surface area is 128 Å². The molecular weight excluding hydrogens is 286 g/mol. The second kappa shape index (κ2) is 7.28. The minimum atomic E-state index is -0.520. The summed E-state index contributed by atoms with van der Waals surface area (Å²) in [5.41, 5.74) is 1.53. The summed E-state index contributed by atoms with van der Waals surface area (Å²) >= 11 is 1.47. The van der Waals surface area contributed by atoms with E-state index in [0.29, 0.717) is 0 Å². The lowest BCUT2D eigenvalue weighted by Gasteiger charge is -2.14. The third kappa shape index (κ3) is 4.61. The molecule has 0 aliphatic carbocycles. The van der Waals surface area contributed by atoms with E-state index in [4.69, 9.17) is 0 Å². The minimum Gasteiger partial charge on any atom is -0.391 e. The minimum absolute atomic E-state index is 0.125. The zero-order chi connectivity index (χ0) is 15.2. The van der Waals surface area contributed by atoms with E-state index in [1.807, 2.05) is 37.4 Å². The van der Waals surface area contributed by atoms with Gasteiger partial charge < -0.3 is 10.4 Å². The predicted molar refractivity (Wildman–Crippen MR) is 82.9 cm³/mol. The molecule has 21 heavy (non-hydrogen) atoms. The van der Waals surface area contributed by atoms with Crippen molar-refractivity contribution in [2.75, 3.05) is 6.54 Å². The van der Waals surface area contributed by atoms with E-state index in [2.05, 4.69) is 15.3 Å². The number of nitrogens with zero attached hydrogens (tertiary/aromatic N) is 2. The molecular formula is C15H19N3O2S. The first-order chi connectivity index (χ1) is 10.1. The van der Waals surface area contributed by atoms with Gasteiger partial charge in [0.25, 0.3) is 0 Å². The van der Waals surface area contributed by atoms with Crippen LogP contribution in [-0.4, -0.2) is 33.6 Å². The summed E-state index contributed by atoms with van der Waals surface area (Å²) in [6, 6.07) is 5.65. The van der Waals surface area contributed by atoms with Gasteiger partial charge in [-0.1, -0.05) is 19.9 Å². The van der Waals surface area contributed by atoms with Crippen molar-refractivity contribution >= 4 is 17.2 Å². The Morgan fingerprint density at radius 1 is 1.43 bits per heavy atom.